The first-order chi connectivity index (χ1) is 9.95. The summed E-state index contributed by atoms with van der Waals surface area (Å²) in [5.41, 5.74) is 6.27. The second kappa shape index (κ2) is 6.83. The monoisotopic (exact) mass is 375 g/mol. The minimum atomic E-state index is -1.28. The van der Waals surface area contributed by atoms with Crippen LogP contribution in [0.2, 0.25) is 5.02 Å². The van der Waals surface area contributed by atoms with Crippen molar-refractivity contribution in [2.24, 2.45) is 5.73 Å². The molecule has 3 N–H and O–H groups in total. The normalized spacial score (nSPS) is 14.0. The molecule has 2 rings (SSSR count). The summed E-state index contributed by atoms with van der Waals surface area (Å²) in [6, 6.07) is 8.92. The van der Waals surface area contributed by atoms with Crippen LogP contribution in [0.5, 0.6) is 0 Å². The molecular weight excluding hydrogens is 364 g/mol. The van der Waals surface area contributed by atoms with Gasteiger partial charge in [-0.15, -0.1) is 0 Å². The van der Waals surface area contributed by atoms with Gasteiger partial charge >= 0.3 is 0 Å². The van der Waals surface area contributed by atoms with Crippen molar-refractivity contribution in [2.45, 2.75) is 12.0 Å². The van der Waals surface area contributed by atoms with E-state index < -0.39 is 23.7 Å². The van der Waals surface area contributed by atoms with E-state index in [1.54, 1.807) is 18.2 Å². The number of nitrogens with two attached hydrogens (primary N) is 1. The van der Waals surface area contributed by atoms with Crippen LogP contribution in [-0.2, 0) is 0 Å². The molecule has 0 aliphatic rings. The van der Waals surface area contributed by atoms with Gasteiger partial charge < -0.3 is 10.8 Å². The summed E-state index contributed by atoms with van der Waals surface area (Å²) in [7, 11) is 0. The molecule has 0 aromatic heterocycles. The summed E-state index contributed by atoms with van der Waals surface area (Å²) < 4.78 is 28.2. The van der Waals surface area contributed by atoms with Gasteiger partial charge in [-0.3, -0.25) is 0 Å². The van der Waals surface area contributed by atoms with Crippen molar-refractivity contribution in [3.63, 3.8) is 0 Å². The van der Waals surface area contributed by atoms with Gasteiger partial charge in [-0.1, -0.05) is 45.7 Å². The third-order valence-corrected chi connectivity index (χ3v) is 4.31. The number of aliphatic hydroxyl groups excluding tert-OH is 1. The van der Waals surface area contributed by atoms with Gasteiger partial charge in [0.05, 0.1) is 11.1 Å². The van der Waals surface area contributed by atoms with E-state index in [1.807, 2.05) is 6.07 Å². The SMILES string of the molecule is NCC(c1ccccc1Br)C(O)c1cc(F)c(Cl)cc1F. The maximum Gasteiger partial charge on any atom is 0.142 e. The zero-order valence-electron chi connectivity index (χ0n) is 10.9. The maximum absolute atomic E-state index is 13.9. The van der Waals surface area contributed by atoms with E-state index in [0.717, 1.165) is 22.2 Å². The topological polar surface area (TPSA) is 46.2 Å². The molecule has 2 atom stereocenters. The Kier molecular flexibility index (Phi) is 5.32. The van der Waals surface area contributed by atoms with E-state index in [-0.39, 0.29) is 17.1 Å². The van der Waals surface area contributed by atoms with Crippen molar-refractivity contribution in [1.29, 1.82) is 0 Å². The Labute approximate surface area is 134 Å². The highest BCUT2D eigenvalue weighted by Crippen LogP contribution is 2.36. The number of hydrogen-bond acceptors (Lipinski definition) is 2. The van der Waals surface area contributed by atoms with Crippen LogP contribution in [-0.4, -0.2) is 11.7 Å². The zero-order valence-corrected chi connectivity index (χ0v) is 13.2. The first-order valence-corrected chi connectivity index (χ1v) is 7.39. The smallest absolute Gasteiger partial charge is 0.142 e. The molecule has 21 heavy (non-hydrogen) atoms. The first kappa shape index (κ1) is 16.4. The molecule has 0 heterocycles. The largest absolute Gasteiger partial charge is 0.388 e. The molecule has 2 unspecified atom stereocenters. The number of halogens is 4. The molecule has 0 bridgehead atoms. The van der Waals surface area contributed by atoms with Crippen molar-refractivity contribution >= 4 is 27.5 Å². The Morgan fingerprint density at radius 1 is 1.14 bits per heavy atom. The van der Waals surface area contributed by atoms with E-state index in [0.29, 0.717) is 0 Å². The van der Waals surface area contributed by atoms with Gasteiger partial charge in [0.1, 0.15) is 11.6 Å². The van der Waals surface area contributed by atoms with Crippen molar-refractivity contribution < 1.29 is 13.9 Å². The summed E-state index contributed by atoms with van der Waals surface area (Å²) in [5.74, 6) is -2.12. The summed E-state index contributed by atoms with van der Waals surface area (Å²) >= 11 is 8.89. The van der Waals surface area contributed by atoms with Crippen molar-refractivity contribution in [1.82, 2.24) is 0 Å². The third kappa shape index (κ3) is 3.43. The molecule has 0 spiro atoms. The van der Waals surface area contributed by atoms with Gasteiger partial charge in [0.2, 0.25) is 0 Å². The Bertz CT molecular complexity index is 654. The van der Waals surface area contributed by atoms with Gasteiger partial charge in [-0.05, 0) is 23.8 Å². The lowest BCUT2D eigenvalue weighted by molar-refractivity contribution is 0.142. The van der Waals surface area contributed by atoms with Gasteiger partial charge in [-0.2, -0.15) is 0 Å². The molecule has 0 fully saturated rings. The highest BCUT2D eigenvalue weighted by atomic mass is 79.9. The number of hydrogen-bond donors (Lipinski definition) is 2. The van der Waals surface area contributed by atoms with E-state index in [4.69, 9.17) is 17.3 Å². The molecule has 0 saturated heterocycles. The van der Waals surface area contributed by atoms with Crippen LogP contribution in [0.3, 0.4) is 0 Å². The second-order valence-electron chi connectivity index (χ2n) is 4.60. The molecular formula is C15H13BrClF2NO. The Hall–Kier alpha value is -1.01. The minimum absolute atomic E-state index is 0.0769. The standard InChI is InChI=1S/C15H13BrClF2NO/c16-11-4-2-1-3-8(11)10(7-20)15(21)9-5-14(19)12(17)6-13(9)18/h1-6,10,15,21H,7,20H2. The van der Waals surface area contributed by atoms with Gasteiger partial charge in [0.25, 0.3) is 0 Å². The fourth-order valence-electron chi connectivity index (χ4n) is 2.18. The lowest BCUT2D eigenvalue weighted by Crippen LogP contribution is -2.21. The molecule has 0 radical (unpaired) electrons. The van der Waals surface area contributed by atoms with Crippen LogP contribution in [0.4, 0.5) is 8.78 Å². The predicted molar refractivity (Wildman–Crippen MR) is 82.3 cm³/mol. The highest BCUT2D eigenvalue weighted by Gasteiger charge is 2.26. The molecule has 0 amide bonds. The summed E-state index contributed by atoms with van der Waals surface area (Å²) in [4.78, 5) is 0. The molecule has 0 aliphatic carbocycles. The van der Waals surface area contributed by atoms with Crippen LogP contribution in [0, 0.1) is 11.6 Å². The van der Waals surface area contributed by atoms with Crippen LogP contribution in [0.15, 0.2) is 40.9 Å². The summed E-state index contributed by atoms with van der Waals surface area (Å²) in [5, 5.41) is 10.1. The molecule has 6 heteroatoms. The summed E-state index contributed by atoms with van der Waals surface area (Å²) in [6.45, 7) is 0.0769. The van der Waals surface area contributed by atoms with Crippen molar-refractivity contribution in [3.8, 4) is 0 Å². The van der Waals surface area contributed by atoms with Crippen LogP contribution in [0.1, 0.15) is 23.1 Å². The average Bonchev–Trinajstić information content (AvgIpc) is 2.45. The first-order valence-electron chi connectivity index (χ1n) is 6.22. The Morgan fingerprint density at radius 3 is 2.43 bits per heavy atom. The lowest BCUT2D eigenvalue weighted by atomic mass is 9.89. The highest BCUT2D eigenvalue weighted by molar-refractivity contribution is 9.10. The van der Waals surface area contributed by atoms with E-state index in [1.165, 1.54) is 0 Å². The maximum atomic E-state index is 13.9. The fraction of sp³-hybridized carbons (Fsp3) is 0.200. The fourth-order valence-corrected chi connectivity index (χ4v) is 2.91. The van der Waals surface area contributed by atoms with E-state index >= 15 is 0 Å². The summed E-state index contributed by atoms with van der Waals surface area (Å²) in [6.07, 6.45) is -1.28. The molecule has 2 aromatic carbocycles. The molecule has 112 valence electrons. The third-order valence-electron chi connectivity index (χ3n) is 3.30. The van der Waals surface area contributed by atoms with E-state index in [2.05, 4.69) is 15.9 Å². The lowest BCUT2D eigenvalue weighted by Gasteiger charge is -2.24. The molecule has 0 saturated carbocycles. The minimum Gasteiger partial charge on any atom is -0.388 e. The molecule has 2 aromatic rings. The van der Waals surface area contributed by atoms with Crippen molar-refractivity contribution in [2.75, 3.05) is 6.54 Å². The number of rotatable bonds is 4. The zero-order chi connectivity index (χ0) is 15.6. The van der Waals surface area contributed by atoms with E-state index in [9.17, 15) is 13.9 Å². The number of benzene rings is 2. The van der Waals surface area contributed by atoms with Crippen LogP contribution >= 0.6 is 27.5 Å². The van der Waals surface area contributed by atoms with Gasteiger partial charge in [0, 0.05) is 22.5 Å². The Balaban J connectivity index is 2.44. The second-order valence-corrected chi connectivity index (χ2v) is 5.86. The van der Waals surface area contributed by atoms with Crippen LogP contribution in [0.25, 0.3) is 0 Å². The Morgan fingerprint density at radius 2 is 1.81 bits per heavy atom. The molecule has 0 aliphatic heterocycles. The van der Waals surface area contributed by atoms with Crippen LogP contribution < -0.4 is 5.73 Å². The average molecular weight is 377 g/mol. The van der Waals surface area contributed by atoms with Gasteiger partial charge in [0.15, 0.2) is 0 Å². The molecule has 2 nitrogen and oxygen atoms in total. The predicted octanol–water partition coefficient (Wildman–Crippen LogP) is 4.16. The quantitative estimate of drug-likeness (QED) is 0.787. The van der Waals surface area contributed by atoms with Crippen molar-refractivity contribution in [3.05, 3.63) is 68.7 Å². The van der Waals surface area contributed by atoms with Gasteiger partial charge in [-0.25, -0.2) is 8.78 Å². The number of aliphatic hydroxyl groups is 1.